The van der Waals surface area contributed by atoms with Crippen LogP contribution in [0.5, 0.6) is 5.75 Å². The Morgan fingerprint density at radius 1 is 1.53 bits per heavy atom. The lowest BCUT2D eigenvalue weighted by atomic mass is 10.1. The molecule has 1 heterocycles. The zero-order chi connectivity index (χ0) is 12.3. The van der Waals surface area contributed by atoms with Gasteiger partial charge in [0.1, 0.15) is 5.75 Å². The van der Waals surface area contributed by atoms with Crippen LogP contribution in [0.3, 0.4) is 0 Å². The van der Waals surface area contributed by atoms with E-state index in [0.717, 1.165) is 0 Å². The second-order valence-corrected chi connectivity index (χ2v) is 4.15. The van der Waals surface area contributed by atoms with Crippen molar-refractivity contribution in [2.24, 2.45) is 0 Å². The molecule has 1 aliphatic heterocycles. The van der Waals surface area contributed by atoms with Crippen LogP contribution in [0, 0.1) is 0 Å². The van der Waals surface area contributed by atoms with Crippen molar-refractivity contribution >= 4 is 5.91 Å². The Bertz CT molecular complexity index is 405. The number of carbonyl (C=O) groups excluding carboxylic acids is 1. The molecule has 92 valence electrons. The lowest BCUT2D eigenvalue weighted by Crippen LogP contribution is -2.47. The minimum atomic E-state index is 0.0414. The van der Waals surface area contributed by atoms with E-state index in [0.29, 0.717) is 31.1 Å². The number of benzene rings is 1. The van der Waals surface area contributed by atoms with Crippen LogP contribution in [-0.4, -0.2) is 43.7 Å². The van der Waals surface area contributed by atoms with E-state index in [-0.39, 0.29) is 11.9 Å². The quantitative estimate of drug-likeness (QED) is 0.780. The largest absolute Gasteiger partial charge is 0.497 e. The van der Waals surface area contributed by atoms with Gasteiger partial charge >= 0.3 is 0 Å². The predicted molar refractivity (Wildman–Crippen MR) is 64.3 cm³/mol. The maximum atomic E-state index is 12.3. The van der Waals surface area contributed by atoms with Crippen molar-refractivity contribution in [1.82, 2.24) is 4.90 Å². The van der Waals surface area contributed by atoms with E-state index in [9.17, 15) is 4.79 Å². The summed E-state index contributed by atoms with van der Waals surface area (Å²) in [5.74, 6) is 0.747. The highest BCUT2D eigenvalue weighted by atomic mass is 16.5. The molecular weight excluding hydrogens is 218 g/mol. The molecule has 0 radical (unpaired) electrons. The van der Waals surface area contributed by atoms with Gasteiger partial charge in [-0.15, -0.1) is 0 Å². The van der Waals surface area contributed by atoms with E-state index in [2.05, 4.69) is 0 Å². The third kappa shape index (κ3) is 2.58. The minimum Gasteiger partial charge on any atom is -0.497 e. The fourth-order valence-corrected chi connectivity index (χ4v) is 1.95. The number of ether oxygens (including phenoxy) is 2. The molecule has 17 heavy (non-hydrogen) atoms. The normalized spacial score (nSPS) is 20.1. The predicted octanol–water partition coefficient (Wildman–Crippen LogP) is 1.56. The summed E-state index contributed by atoms with van der Waals surface area (Å²) in [6, 6.07) is 7.37. The van der Waals surface area contributed by atoms with Crippen LogP contribution in [0.1, 0.15) is 17.3 Å². The molecule has 0 aromatic heterocycles. The summed E-state index contributed by atoms with van der Waals surface area (Å²) in [7, 11) is 1.60. The molecule has 1 aliphatic rings. The van der Waals surface area contributed by atoms with Gasteiger partial charge in [0.25, 0.3) is 5.91 Å². The second kappa shape index (κ2) is 5.19. The van der Waals surface area contributed by atoms with Gasteiger partial charge in [0.2, 0.25) is 0 Å². The molecule has 0 N–H and O–H groups in total. The first-order valence-electron chi connectivity index (χ1n) is 5.75. The first kappa shape index (κ1) is 11.9. The van der Waals surface area contributed by atoms with Gasteiger partial charge in [-0.3, -0.25) is 4.79 Å². The van der Waals surface area contributed by atoms with Crippen molar-refractivity contribution in [3.05, 3.63) is 29.8 Å². The minimum absolute atomic E-state index is 0.0414. The topological polar surface area (TPSA) is 38.8 Å². The van der Waals surface area contributed by atoms with Crippen LogP contribution in [-0.2, 0) is 4.74 Å². The van der Waals surface area contributed by atoms with E-state index < -0.39 is 0 Å². The SMILES string of the molecule is COc1cccc(C(=O)N2CCOC[C@@H]2C)c1. The van der Waals surface area contributed by atoms with E-state index in [4.69, 9.17) is 9.47 Å². The lowest BCUT2D eigenvalue weighted by molar-refractivity contribution is 0.00358. The third-order valence-electron chi connectivity index (χ3n) is 2.95. The Morgan fingerprint density at radius 2 is 2.35 bits per heavy atom. The van der Waals surface area contributed by atoms with Crippen molar-refractivity contribution < 1.29 is 14.3 Å². The van der Waals surface area contributed by atoms with Crippen molar-refractivity contribution in [2.75, 3.05) is 26.9 Å². The van der Waals surface area contributed by atoms with Crippen LogP contribution in [0.4, 0.5) is 0 Å². The molecule has 1 aromatic carbocycles. The van der Waals surface area contributed by atoms with Gasteiger partial charge < -0.3 is 14.4 Å². The molecule has 1 amide bonds. The molecule has 1 saturated heterocycles. The van der Waals surface area contributed by atoms with Gasteiger partial charge in [-0.05, 0) is 25.1 Å². The summed E-state index contributed by atoms with van der Waals surface area (Å²) < 4.78 is 10.4. The molecule has 2 rings (SSSR count). The van der Waals surface area contributed by atoms with Crippen LogP contribution in [0.25, 0.3) is 0 Å². The van der Waals surface area contributed by atoms with Gasteiger partial charge in [-0.1, -0.05) is 6.07 Å². The molecule has 4 heteroatoms. The highest BCUT2D eigenvalue weighted by Crippen LogP contribution is 2.17. The fraction of sp³-hybridized carbons (Fsp3) is 0.462. The van der Waals surface area contributed by atoms with E-state index >= 15 is 0 Å². The van der Waals surface area contributed by atoms with Crippen molar-refractivity contribution in [3.63, 3.8) is 0 Å². The summed E-state index contributed by atoms with van der Waals surface area (Å²) in [5.41, 5.74) is 0.665. The Hall–Kier alpha value is -1.55. The number of morpholine rings is 1. The Labute approximate surface area is 101 Å². The van der Waals surface area contributed by atoms with Gasteiger partial charge in [0.15, 0.2) is 0 Å². The molecule has 1 fully saturated rings. The molecule has 1 atom stereocenters. The molecule has 0 saturated carbocycles. The number of hydrogen-bond donors (Lipinski definition) is 0. The fourth-order valence-electron chi connectivity index (χ4n) is 1.95. The van der Waals surface area contributed by atoms with Crippen molar-refractivity contribution in [1.29, 1.82) is 0 Å². The van der Waals surface area contributed by atoms with Gasteiger partial charge in [-0.25, -0.2) is 0 Å². The molecule has 4 nitrogen and oxygen atoms in total. The third-order valence-corrected chi connectivity index (χ3v) is 2.95. The highest BCUT2D eigenvalue weighted by molar-refractivity contribution is 5.94. The Kier molecular flexibility index (Phi) is 3.64. The maximum Gasteiger partial charge on any atom is 0.254 e. The standard InChI is InChI=1S/C13H17NO3/c1-10-9-17-7-6-14(10)13(15)11-4-3-5-12(8-11)16-2/h3-5,8,10H,6-7,9H2,1-2H3/t10-/m0/s1. The molecule has 0 unspecified atom stereocenters. The number of rotatable bonds is 2. The lowest BCUT2D eigenvalue weighted by Gasteiger charge is -2.33. The maximum absolute atomic E-state index is 12.3. The van der Waals surface area contributed by atoms with Gasteiger partial charge in [0.05, 0.1) is 26.4 Å². The summed E-state index contributed by atoms with van der Waals surface area (Å²) in [5, 5.41) is 0. The zero-order valence-electron chi connectivity index (χ0n) is 10.2. The Balaban J connectivity index is 2.17. The summed E-state index contributed by atoms with van der Waals surface area (Å²) in [4.78, 5) is 14.1. The smallest absolute Gasteiger partial charge is 0.254 e. The van der Waals surface area contributed by atoms with Crippen LogP contribution >= 0.6 is 0 Å². The number of nitrogens with zero attached hydrogens (tertiary/aromatic N) is 1. The number of hydrogen-bond acceptors (Lipinski definition) is 3. The number of amides is 1. The first-order chi connectivity index (χ1) is 8.22. The van der Waals surface area contributed by atoms with Crippen LogP contribution in [0.2, 0.25) is 0 Å². The van der Waals surface area contributed by atoms with E-state index in [1.165, 1.54) is 0 Å². The molecule has 0 bridgehead atoms. The molecule has 0 aliphatic carbocycles. The molecule has 0 spiro atoms. The first-order valence-corrected chi connectivity index (χ1v) is 5.75. The van der Waals surface area contributed by atoms with Crippen molar-refractivity contribution in [2.45, 2.75) is 13.0 Å². The summed E-state index contributed by atoms with van der Waals surface area (Å²) >= 11 is 0. The van der Waals surface area contributed by atoms with Crippen LogP contribution in [0.15, 0.2) is 24.3 Å². The molecular formula is C13H17NO3. The number of methoxy groups -OCH3 is 1. The van der Waals surface area contributed by atoms with Gasteiger partial charge in [0, 0.05) is 12.1 Å². The van der Waals surface area contributed by atoms with Gasteiger partial charge in [-0.2, -0.15) is 0 Å². The second-order valence-electron chi connectivity index (χ2n) is 4.15. The summed E-state index contributed by atoms with van der Waals surface area (Å²) in [6.07, 6.45) is 0. The average Bonchev–Trinajstić information content (AvgIpc) is 2.38. The van der Waals surface area contributed by atoms with Crippen LogP contribution < -0.4 is 4.74 Å². The summed E-state index contributed by atoms with van der Waals surface area (Å²) in [6.45, 7) is 3.87. The van der Waals surface area contributed by atoms with E-state index in [1.54, 1.807) is 13.2 Å². The zero-order valence-corrected chi connectivity index (χ0v) is 10.2. The average molecular weight is 235 g/mol. The molecule has 1 aromatic rings. The number of carbonyl (C=O) groups is 1. The monoisotopic (exact) mass is 235 g/mol. The Morgan fingerprint density at radius 3 is 3.06 bits per heavy atom. The van der Waals surface area contributed by atoms with E-state index in [1.807, 2.05) is 30.0 Å². The van der Waals surface area contributed by atoms with Crippen molar-refractivity contribution in [3.8, 4) is 5.75 Å². The highest BCUT2D eigenvalue weighted by Gasteiger charge is 2.24.